The molecule has 1 saturated heterocycles. The molecule has 7 nitrogen and oxygen atoms in total. The van der Waals surface area contributed by atoms with E-state index in [4.69, 9.17) is 9.83 Å². The molecule has 32 heavy (non-hydrogen) atoms. The van der Waals surface area contributed by atoms with Crippen LogP contribution in [0.3, 0.4) is 0 Å². The zero-order valence-corrected chi connectivity index (χ0v) is 19.5. The van der Waals surface area contributed by atoms with Gasteiger partial charge in [0.25, 0.3) is 0 Å². The quantitative estimate of drug-likeness (QED) is 0.434. The summed E-state index contributed by atoms with van der Waals surface area (Å²) in [6, 6.07) is 15.6. The van der Waals surface area contributed by atoms with Crippen LogP contribution in [-0.2, 0) is 4.84 Å². The summed E-state index contributed by atoms with van der Waals surface area (Å²) in [6.07, 6.45) is 0. The zero-order valence-electron chi connectivity index (χ0n) is 17.8. The third-order valence-electron chi connectivity index (χ3n) is 5.79. The van der Waals surface area contributed by atoms with E-state index in [0.717, 1.165) is 54.9 Å². The van der Waals surface area contributed by atoms with Crippen LogP contribution in [-0.4, -0.2) is 77.7 Å². The molecule has 2 N–H and O–H groups in total. The largest absolute Gasteiger partial charge is 0.494 e. The predicted octanol–water partition coefficient (Wildman–Crippen LogP) is 3.82. The number of aliphatic imine (C=N–C) groups is 1. The first kappa shape index (κ1) is 24.1. The maximum Gasteiger partial charge on any atom is 0.199 e. The highest BCUT2D eigenvalue weighted by atomic mass is 35.5. The maximum atomic E-state index is 10.6. The maximum absolute atomic E-state index is 10.6. The topological polar surface area (TPSA) is 76.5 Å². The smallest absolute Gasteiger partial charge is 0.199 e. The molecule has 2 aliphatic rings. The summed E-state index contributed by atoms with van der Waals surface area (Å²) in [5.74, 6) is 0.0906. The third-order valence-corrected chi connectivity index (χ3v) is 5.79. The van der Waals surface area contributed by atoms with E-state index >= 15 is 0 Å². The highest BCUT2D eigenvalue weighted by Crippen LogP contribution is 2.35. The van der Waals surface area contributed by atoms with Gasteiger partial charge in [0, 0.05) is 49.2 Å². The zero-order chi connectivity index (χ0) is 20.5. The van der Waals surface area contributed by atoms with Crippen LogP contribution in [0, 0.1) is 0 Å². The molecule has 0 amide bonds. The minimum absolute atomic E-state index is 0. The summed E-state index contributed by atoms with van der Waals surface area (Å²) >= 11 is 0. The molecule has 0 spiro atoms. The Labute approximate surface area is 199 Å². The Bertz CT molecular complexity index is 1140. The van der Waals surface area contributed by atoms with Crippen molar-refractivity contribution in [2.45, 2.75) is 0 Å². The van der Waals surface area contributed by atoms with Crippen molar-refractivity contribution < 1.29 is 9.94 Å². The first-order chi connectivity index (χ1) is 14.7. The number of aromatic nitrogens is 1. The van der Waals surface area contributed by atoms with Gasteiger partial charge in [-0.25, -0.2) is 4.99 Å². The molecule has 0 aliphatic carbocycles. The minimum atomic E-state index is 0. The van der Waals surface area contributed by atoms with Gasteiger partial charge >= 0.3 is 0 Å². The van der Waals surface area contributed by atoms with Gasteiger partial charge in [0.15, 0.2) is 5.88 Å². The van der Waals surface area contributed by atoms with Gasteiger partial charge in [0.05, 0.1) is 11.3 Å². The number of rotatable bonds is 5. The molecule has 0 bridgehead atoms. The van der Waals surface area contributed by atoms with Gasteiger partial charge in [-0.1, -0.05) is 41.6 Å². The number of halogens is 2. The van der Waals surface area contributed by atoms with Crippen LogP contribution in [0.2, 0.25) is 0 Å². The summed E-state index contributed by atoms with van der Waals surface area (Å²) in [5, 5.41) is 16.0. The van der Waals surface area contributed by atoms with E-state index < -0.39 is 0 Å². The van der Waals surface area contributed by atoms with E-state index in [2.05, 4.69) is 27.0 Å². The lowest BCUT2D eigenvalue weighted by molar-refractivity contribution is 0.0864. The summed E-state index contributed by atoms with van der Waals surface area (Å²) in [7, 11) is 2.15. The van der Waals surface area contributed by atoms with Crippen LogP contribution in [0.25, 0.3) is 10.9 Å². The Morgan fingerprint density at radius 2 is 1.75 bits per heavy atom. The number of para-hydroxylation sites is 2. The van der Waals surface area contributed by atoms with Gasteiger partial charge in [-0.15, -0.1) is 24.8 Å². The molecule has 5 rings (SSSR count). The highest BCUT2D eigenvalue weighted by Gasteiger charge is 2.29. The molecular formula is C23H27Cl2N5O2. The molecule has 2 aromatic carbocycles. The number of hydrogen-bond acceptors (Lipinski definition) is 6. The molecule has 0 unspecified atom stereocenters. The molecule has 2 aliphatic heterocycles. The van der Waals surface area contributed by atoms with Crippen molar-refractivity contribution in [3.05, 3.63) is 59.7 Å². The van der Waals surface area contributed by atoms with Crippen molar-refractivity contribution in [1.82, 2.24) is 14.8 Å². The van der Waals surface area contributed by atoms with Gasteiger partial charge in [0.1, 0.15) is 18.0 Å². The third kappa shape index (κ3) is 4.61. The Hall–Kier alpha value is -2.58. The average molecular weight is 476 g/mol. The predicted molar refractivity (Wildman–Crippen MR) is 134 cm³/mol. The summed E-state index contributed by atoms with van der Waals surface area (Å²) in [4.78, 5) is 18.3. The molecule has 0 atom stereocenters. The van der Waals surface area contributed by atoms with Crippen LogP contribution in [0.5, 0.6) is 5.88 Å². The first-order valence-corrected chi connectivity index (χ1v) is 10.3. The second kappa shape index (κ2) is 10.4. The number of oxime groups is 1. The van der Waals surface area contributed by atoms with Crippen LogP contribution in [0.15, 0.2) is 58.7 Å². The van der Waals surface area contributed by atoms with Crippen molar-refractivity contribution >= 4 is 52.8 Å². The van der Waals surface area contributed by atoms with E-state index in [1.807, 2.05) is 48.5 Å². The lowest BCUT2D eigenvalue weighted by Gasteiger charge is -2.31. The number of hydrogen-bond donors (Lipinski definition) is 2. The lowest BCUT2D eigenvalue weighted by Crippen LogP contribution is -2.45. The molecule has 9 heteroatoms. The standard InChI is InChI=1S/C23H25N5O2.2ClH/c1-27-10-12-28(13-11-27)14-15-30-26-21-17-7-3-5-9-19(17)24-22(21)20-16-6-2-4-8-18(16)25-23(20)29;;/h2-9,25,29H,10-15H2,1H3;2*1H/b26-21+;;. The van der Waals surface area contributed by atoms with Crippen LogP contribution >= 0.6 is 24.8 Å². The van der Waals surface area contributed by atoms with Gasteiger partial charge in [-0.05, 0) is 19.2 Å². The fourth-order valence-corrected chi connectivity index (χ4v) is 4.06. The second-order valence-electron chi connectivity index (χ2n) is 7.79. The molecule has 1 fully saturated rings. The molecule has 3 heterocycles. The Morgan fingerprint density at radius 3 is 2.56 bits per heavy atom. The number of H-pyrrole nitrogens is 1. The van der Waals surface area contributed by atoms with Gasteiger partial charge in [-0.3, -0.25) is 4.90 Å². The molecular weight excluding hydrogens is 449 g/mol. The van der Waals surface area contributed by atoms with Crippen LogP contribution in [0.1, 0.15) is 11.1 Å². The average Bonchev–Trinajstić information content (AvgIpc) is 3.28. The number of piperazine rings is 1. The van der Waals surface area contributed by atoms with E-state index in [0.29, 0.717) is 23.6 Å². The number of likely N-dealkylation sites (N-methyl/N-ethyl adjacent to an activating group) is 1. The fraction of sp³-hybridized carbons (Fsp3) is 0.304. The van der Waals surface area contributed by atoms with E-state index in [1.54, 1.807) is 0 Å². The number of nitrogens with one attached hydrogen (secondary N) is 1. The second-order valence-corrected chi connectivity index (χ2v) is 7.79. The normalized spacial score (nSPS) is 17.5. The Balaban J connectivity index is 0.00000144. The molecule has 170 valence electrons. The molecule has 3 aromatic rings. The SMILES string of the molecule is CN1CCN(CCO/N=C2/C(c3c(O)[nH]c4ccccc34)=Nc3ccccc32)CC1.Cl.Cl. The first-order valence-electron chi connectivity index (χ1n) is 10.3. The van der Waals surface area contributed by atoms with Crippen molar-refractivity contribution in [3.63, 3.8) is 0 Å². The minimum Gasteiger partial charge on any atom is -0.494 e. The molecule has 1 aromatic heterocycles. The van der Waals surface area contributed by atoms with E-state index in [-0.39, 0.29) is 30.7 Å². The number of aromatic hydroxyl groups is 1. The molecule has 0 radical (unpaired) electrons. The van der Waals surface area contributed by atoms with Crippen molar-refractivity contribution in [3.8, 4) is 5.88 Å². The van der Waals surface area contributed by atoms with Gasteiger partial charge < -0.3 is 19.8 Å². The number of aromatic amines is 1. The van der Waals surface area contributed by atoms with Crippen molar-refractivity contribution in [2.24, 2.45) is 10.1 Å². The summed E-state index contributed by atoms with van der Waals surface area (Å²) < 4.78 is 0. The van der Waals surface area contributed by atoms with Crippen LogP contribution in [0.4, 0.5) is 5.69 Å². The van der Waals surface area contributed by atoms with E-state index in [9.17, 15) is 5.11 Å². The van der Waals surface area contributed by atoms with E-state index in [1.165, 1.54) is 0 Å². The van der Waals surface area contributed by atoms with Crippen molar-refractivity contribution in [1.29, 1.82) is 0 Å². The number of nitrogens with zero attached hydrogens (tertiary/aromatic N) is 4. The summed E-state index contributed by atoms with van der Waals surface area (Å²) in [6.45, 7) is 5.63. The Kier molecular flexibility index (Phi) is 7.79. The lowest BCUT2D eigenvalue weighted by atomic mass is 10.0. The van der Waals surface area contributed by atoms with Gasteiger partial charge in [-0.2, -0.15) is 0 Å². The fourth-order valence-electron chi connectivity index (χ4n) is 4.06. The van der Waals surface area contributed by atoms with Crippen LogP contribution < -0.4 is 0 Å². The number of fused-ring (bicyclic) bond motifs is 2. The summed E-state index contributed by atoms with van der Waals surface area (Å²) in [5.41, 5.74) is 4.55. The number of benzene rings is 2. The Morgan fingerprint density at radius 1 is 1.03 bits per heavy atom. The van der Waals surface area contributed by atoms with Crippen molar-refractivity contribution in [2.75, 3.05) is 46.4 Å². The van der Waals surface area contributed by atoms with Gasteiger partial charge in [0.2, 0.25) is 0 Å². The molecule has 0 saturated carbocycles. The monoisotopic (exact) mass is 475 g/mol. The highest BCUT2D eigenvalue weighted by molar-refractivity contribution is 6.58.